The number of carbonyl (C=O) groups is 6. The first-order valence-electron chi connectivity index (χ1n) is 28.1. The van der Waals surface area contributed by atoms with Crippen molar-refractivity contribution in [1.82, 2.24) is 0 Å². The fraction of sp³-hybridized carbons (Fsp3) is 0.130. The van der Waals surface area contributed by atoms with Gasteiger partial charge in [0.2, 0.25) is 0 Å². The minimum Gasteiger partial charge on any atom is -0.480 e. The Hall–Kier alpha value is -10.2. The van der Waals surface area contributed by atoms with Gasteiger partial charge in [-0.15, -0.1) is 0 Å². The molecule has 0 saturated heterocycles. The van der Waals surface area contributed by atoms with Crippen LogP contribution in [0, 0.1) is 16.2 Å². The Kier molecular flexibility index (Phi) is 2.61. The molecule has 35 rings (SSSR count). The average Bonchev–Trinajstić information content (AvgIpc) is 1.37. The molecule has 0 aromatic heterocycles. The number of benzene rings is 14. The molecular formula is C69H6O12. The van der Waals surface area contributed by atoms with Crippen LogP contribution in [0.2, 0.25) is 0 Å². The summed E-state index contributed by atoms with van der Waals surface area (Å²) >= 11 is 0. The van der Waals surface area contributed by atoms with Crippen molar-refractivity contribution in [2.24, 2.45) is 16.2 Å². The summed E-state index contributed by atoms with van der Waals surface area (Å²) in [6.45, 7) is 0. The molecule has 6 spiro atoms. The van der Waals surface area contributed by atoms with Crippen LogP contribution < -0.4 is 0 Å². The normalized spacial score (nSPS) is 31.4. The molecule has 12 heteroatoms. The second-order valence-corrected chi connectivity index (χ2v) is 28.8. The molecule has 81 heavy (non-hydrogen) atoms. The van der Waals surface area contributed by atoms with E-state index in [0.29, 0.717) is 66.8 Å². The van der Waals surface area contributed by atoms with Gasteiger partial charge in [0.25, 0.3) is 0 Å². The SMILES string of the molecule is O=C(O)C1(C(=O)O)C23c4c5c6c7c8c9c%10c%11c%12c%13c%14c%15c(c6c6c4c4c%16c%17c%18c(c%19c%20c2c5c8c2c%20c5c%19c8c%19c%20c(c%21c%12c%12c%22c%23c(c(c%188)C%198C(C(=O)O)(C(=O)O)C%21%228)c%17c8c4c6c%15c(c%12%14)c%238)c%11c(c92)c%205)C%1613)C71C(C(=O)O)(C(=O)O)C%13%101. The molecule has 0 radical (unpaired) electrons. The van der Waals surface area contributed by atoms with Crippen molar-refractivity contribution >= 4 is 262 Å². The molecule has 354 valence electrons. The summed E-state index contributed by atoms with van der Waals surface area (Å²) in [4.78, 5) is 94.6. The lowest BCUT2D eigenvalue weighted by Crippen LogP contribution is -2.35. The molecule has 0 bridgehead atoms. The summed E-state index contributed by atoms with van der Waals surface area (Å²) in [7, 11) is 0. The molecule has 6 unspecified atom stereocenters. The molecule has 3 fully saturated rings. The Morgan fingerprint density at radius 3 is 0.321 bits per heavy atom. The van der Waals surface area contributed by atoms with E-state index in [1.54, 1.807) is 0 Å². The van der Waals surface area contributed by atoms with Crippen LogP contribution in [-0.4, -0.2) is 66.5 Å². The van der Waals surface area contributed by atoms with E-state index in [9.17, 15) is 30.6 Å². The van der Waals surface area contributed by atoms with Crippen molar-refractivity contribution in [3.05, 3.63) is 66.8 Å². The van der Waals surface area contributed by atoms with Crippen LogP contribution in [0.3, 0.4) is 0 Å². The highest BCUT2D eigenvalue weighted by Gasteiger charge is 3.06. The fourth-order valence-corrected chi connectivity index (χ4v) is 30.9. The van der Waals surface area contributed by atoms with Gasteiger partial charge in [-0.25, -0.2) is 0 Å². The van der Waals surface area contributed by atoms with E-state index in [4.69, 9.17) is 0 Å². The standard InChI is InChI=1S/C69H6O12/c70-55(71)67(56(72)73)61-43-20-8-1-7-2-9-3(8)14-26(20)50-41-35-18-5-10-4-11-6-12(5)24-30(18)54-40(41)33(14)45-21(9)27-15(2)32-39-42-36(48(24)66(52(27)42)65(45,54)69(66,59(78)79)60(80)81)17(6)29-23(11)46-34-16(4)28(22(10)47(35)64(50,61)67)51(61)37-31(43)13(1)25-19(7)44(32)62(53(29)39)63(46,49(25)38(34)37)68(62,57(74)75)58(76)77/h(H,70,71)(H,72,73)(H,74,75)(H,76,77)(H,78,79)(H,80,81). The van der Waals surface area contributed by atoms with E-state index in [-0.39, 0.29) is 0 Å². The first-order valence-corrected chi connectivity index (χ1v) is 28.1. The number of hydrogen-bond acceptors (Lipinski definition) is 6. The zero-order chi connectivity index (χ0) is 51.1. The van der Waals surface area contributed by atoms with E-state index in [1.807, 2.05) is 0 Å². The third kappa shape index (κ3) is 1.44. The second-order valence-electron chi connectivity index (χ2n) is 28.8. The lowest BCUT2D eigenvalue weighted by atomic mass is 9.67. The van der Waals surface area contributed by atoms with Gasteiger partial charge >= 0.3 is 35.8 Å². The predicted octanol–water partition coefficient (Wildman–Crippen LogP) is 10.9. The Balaban J connectivity index is 1.13. The Labute approximate surface area is 435 Å². The van der Waals surface area contributed by atoms with E-state index < -0.39 is 84.6 Å². The first-order chi connectivity index (χ1) is 39.4. The average molecular weight is 1030 g/mol. The molecule has 3 saturated carbocycles. The highest BCUT2D eigenvalue weighted by molar-refractivity contribution is 6.73. The number of rotatable bonds is 6. The maximum absolute atomic E-state index is 15.8. The molecule has 15 aliphatic carbocycles. The zero-order valence-corrected chi connectivity index (χ0v) is 39.6. The minimum atomic E-state index is -2.53. The molecule has 6 atom stereocenters. The molecule has 6 N–H and O–H groups in total. The molecule has 12 nitrogen and oxygen atoms in total. The Morgan fingerprint density at radius 2 is 0.222 bits per heavy atom. The molecule has 20 aromatic carbocycles. The number of carboxylic acid groups (broad SMARTS) is 6. The number of carboxylic acids is 6. The molecule has 0 amide bonds. The van der Waals surface area contributed by atoms with Crippen LogP contribution in [-0.2, 0) is 61.3 Å². The van der Waals surface area contributed by atoms with Crippen LogP contribution >= 0.6 is 0 Å². The maximum Gasteiger partial charge on any atom is 0.323 e. The molecule has 0 heterocycles. The lowest BCUT2D eigenvalue weighted by Gasteiger charge is -2.32. The predicted molar refractivity (Wildman–Crippen MR) is 293 cm³/mol. The van der Waals surface area contributed by atoms with Crippen LogP contribution in [0.4, 0.5) is 0 Å². The summed E-state index contributed by atoms with van der Waals surface area (Å²) in [5.74, 6) is -8.66. The third-order valence-corrected chi connectivity index (χ3v) is 30.0. The number of hydrogen-bond donors (Lipinski definition) is 6. The van der Waals surface area contributed by atoms with Crippen LogP contribution in [0.5, 0.6) is 0 Å². The Bertz CT molecular complexity index is 6650. The van der Waals surface area contributed by atoms with E-state index >= 15 is 28.8 Å². The van der Waals surface area contributed by atoms with Gasteiger partial charge in [0.15, 0.2) is 16.2 Å². The third-order valence-electron chi connectivity index (χ3n) is 30.0. The maximum atomic E-state index is 15.8. The Morgan fingerprint density at radius 1 is 0.148 bits per heavy atom. The van der Waals surface area contributed by atoms with Gasteiger partial charge < -0.3 is 30.6 Å². The monoisotopic (exact) mass is 1030 g/mol. The summed E-state index contributed by atoms with van der Waals surface area (Å²) < 4.78 is 0. The van der Waals surface area contributed by atoms with E-state index in [2.05, 4.69) is 0 Å². The fourth-order valence-electron chi connectivity index (χ4n) is 30.9. The number of aliphatic carboxylic acids is 6. The van der Waals surface area contributed by atoms with E-state index in [0.717, 1.165) is 226 Å². The van der Waals surface area contributed by atoms with Crippen molar-refractivity contribution in [2.75, 3.05) is 0 Å². The highest BCUT2D eigenvalue weighted by Crippen LogP contribution is 3.03. The minimum absolute atomic E-state index is 0.685. The molecule has 15 aliphatic rings. The highest BCUT2D eigenvalue weighted by atomic mass is 16.4. The van der Waals surface area contributed by atoms with Crippen LogP contribution in [0.25, 0.3) is 226 Å². The van der Waals surface area contributed by atoms with Gasteiger partial charge in [-0.05, 0) is 293 Å². The van der Waals surface area contributed by atoms with Gasteiger partial charge in [0.1, 0.15) is 0 Å². The van der Waals surface area contributed by atoms with Crippen LogP contribution in [0.1, 0.15) is 66.8 Å². The van der Waals surface area contributed by atoms with Crippen molar-refractivity contribution in [3.63, 3.8) is 0 Å². The summed E-state index contributed by atoms with van der Waals surface area (Å²) in [6.07, 6.45) is 0. The summed E-state index contributed by atoms with van der Waals surface area (Å²) in [5.41, 5.74) is -9.71. The summed E-state index contributed by atoms with van der Waals surface area (Å²) in [5, 5.41) is 113. The lowest BCUT2D eigenvalue weighted by molar-refractivity contribution is -0.160. The van der Waals surface area contributed by atoms with Crippen molar-refractivity contribution < 1.29 is 59.4 Å². The first kappa shape index (κ1) is 32.0. The zero-order valence-electron chi connectivity index (χ0n) is 39.6. The van der Waals surface area contributed by atoms with Crippen molar-refractivity contribution in [2.45, 2.75) is 32.5 Å². The second kappa shape index (κ2) is 6.60. The quantitative estimate of drug-likeness (QED) is 0.0676. The van der Waals surface area contributed by atoms with Gasteiger partial charge in [0, 0.05) is 0 Å². The molecule has 0 aliphatic heterocycles. The smallest absolute Gasteiger partial charge is 0.323 e. The van der Waals surface area contributed by atoms with E-state index in [1.165, 1.54) is 0 Å². The molecule has 20 aromatic rings. The van der Waals surface area contributed by atoms with Gasteiger partial charge in [-0.2, -0.15) is 0 Å². The molecular weight excluding hydrogens is 1020 g/mol. The van der Waals surface area contributed by atoms with Crippen molar-refractivity contribution in [3.8, 4) is 0 Å². The summed E-state index contributed by atoms with van der Waals surface area (Å²) in [6, 6.07) is 0. The topological polar surface area (TPSA) is 224 Å². The van der Waals surface area contributed by atoms with Crippen molar-refractivity contribution in [1.29, 1.82) is 0 Å². The van der Waals surface area contributed by atoms with Gasteiger partial charge in [-0.1, -0.05) is 0 Å². The van der Waals surface area contributed by atoms with Gasteiger partial charge in [-0.3, -0.25) is 28.8 Å². The van der Waals surface area contributed by atoms with Crippen LogP contribution in [0.15, 0.2) is 0 Å². The largest absolute Gasteiger partial charge is 0.480 e. The van der Waals surface area contributed by atoms with Gasteiger partial charge in [0.05, 0.1) is 32.5 Å².